The van der Waals surface area contributed by atoms with Gasteiger partial charge in [-0.25, -0.2) is 0 Å². The highest BCUT2D eigenvalue weighted by Gasteiger charge is 2.23. The highest BCUT2D eigenvalue weighted by atomic mass is 32.2. The highest BCUT2D eigenvalue weighted by molar-refractivity contribution is 8.00. The van der Waals surface area contributed by atoms with Crippen LogP contribution in [-0.2, 0) is 6.42 Å². The van der Waals surface area contributed by atoms with E-state index in [-0.39, 0.29) is 0 Å². The smallest absolute Gasteiger partial charge is 0.120 e. The Labute approximate surface area is 112 Å². The molecule has 1 aromatic heterocycles. The third kappa shape index (κ3) is 1.97. The van der Waals surface area contributed by atoms with Crippen molar-refractivity contribution in [3.05, 3.63) is 30.0 Å². The fourth-order valence-electron chi connectivity index (χ4n) is 2.41. The summed E-state index contributed by atoms with van der Waals surface area (Å²) >= 11 is 2.00. The molecule has 3 rings (SSSR count). The maximum absolute atomic E-state index is 5.59. The fraction of sp³-hybridized carbons (Fsp3) is 0.400. The van der Waals surface area contributed by atoms with E-state index in [0.717, 1.165) is 17.7 Å². The molecule has 0 amide bonds. The molecular formula is C15H17NOS. The van der Waals surface area contributed by atoms with Gasteiger partial charge in [-0.05, 0) is 43.5 Å². The van der Waals surface area contributed by atoms with Crippen LogP contribution in [0.3, 0.4) is 0 Å². The minimum Gasteiger partial charge on any atom is -0.494 e. The summed E-state index contributed by atoms with van der Waals surface area (Å²) in [5.74, 6) is 0.945. The molecule has 18 heavy (non-hydrogen) atoms. The Hall–Kier alpha value is -1.22. The Morgan fingerprint density at radius 2 is 2.28 bits per heavy atom. The van der Waals surface area contributed by atoms with Crippen LogP contribution in [0.25, 0.3) is 10.9 Å². The number of rotatable bonds is 3. The van der Waals surface area contributed by atoms with E-state index >= 15 is 0 Å². The molecule has 1 atom stereocenters. The molecule has 2 nitrogen and oxygen atoms in total. The molecule has 0 radical (unpaired) electrons. The van der Waals surface area contributed by atoms with Gasteiger partial charge in [-0.3, -0.25) is 4.98 Å². The Kier molecular flexibility index (Phi) is 3.16. The highest BCUT2D eigenvalue weighted by Crippen LogP contribution is 2.42. The summed E-state index contributed by atoms with van der Waals surface area (Å²) in [5, 5.41) is 1.96. The molecule has 94 valence electrons. The Morgan fingerprint density at radius 3 is 3.06 bits per heavy atom. The molecule has 1 aliphatic heterocycles. The second-order valence-electron chi connectivity index (χ2n) is 4.58. The van der Waals surface area contributed by atoms with Gasteiger partial charge in [0.25, 0.3) is 0 Å². The van der Waals surface area contributed by atoms with Gasteiger partial charge in [0.05, 0.1) is 12.1 Å². The van der Waals surface area contributed by atoms with Crippen LogP contribution in [0.2, 0.25) is 0 Å². The van der Waals surface area contributed by atoms with Crippen molar-refractivity contribution in [1.82, 2.24) is 4.98 Å². The lowest BCUT2D eigenvalue weighted by molar-refractivity contribution is 0.340. The molecule has 0 saturated heterocycles. The van der Waals surface area contributed by atoms with Crippen molar-refractivity contribution in [3.8, 4) is 5.75 Å². The first-order valence-corrected chi connectivity index (χ1v) is 7.41. The molecule has 0 saturated carbocycles. The molecule has 2 heterocycles. The van der Waals surface area contributed by atoms with Gasteiger partial charge in [0.15, 0.2) is 0 Å². The molecule has 0 N–H and O–H groups in total. The number of aromatic nitrogens is 1. The van der Waals surface area contributed by atoms with E-state index in [0.29, 0.717) is 11.9 Å². The second kappa shape index (κ2) is 4.81. The number of benzene rings is 1. The zero-order chi connectivity index (χ0) is 12.5. The Morgan fingerprint density at radius 1 is 1.39 bits per heavy atom. The van der Waals surface area contributed by atoms with Crippen LogP contribution in [0.15, 0.2) is 29.3 Å². The van der Waals surface area contributed by atoms with Gasteiger partial charge < -0.3 is 4.74 Å². The van der Waals surface area contributed by atoms with Crippen LogP contribution in [0.5, 0.6) is 5.75 Å². The van der Waals surface area contributed by atoms with Crippen molar-refractivity contribution in [1.29, 1.82) is 0 Å². The van der Waals surface area contributed by atoms with E-state index in [2.05, 4.69) is 24.0 Å². The molecule has 0 aliphatic carbocycles. The predicted octanol–water partition coefficient (Wildman–Crippen LogP) is 4.06. The number of nitrogens with zero attached hydrogens (tertiary/aromatic N) is 1. The third-order valence-electron chi connectivity index (χ3n) is 3.36. The second-order valence-corrected chi connectivity index (χ2v) is 5.89. The van der Waals surface area contributed by atoms with E-state index in [1.165, 1.54) is 22.3 Å². The van der Waals surface area contributed by atoms with Crippen LogP contribution in [-0.4, -0.2) is 16.8 Å². The van der Waals surface area contributed by atoms with E-state index in [4.69, 9.17) is 4.74 Å². The van der Waals surface area contributed by atoms with Gasteiger partial charge >= 0.3 is 0 Å². The van der Waals surface area contributed by atoms with Crippen molar-refractivity contribution in [2.24, 2.45) is 0 Å². The summed E-state index contributed by atoms with van der Waals surface area (Å²) in [5.41, 5.74) is 2.47. The minimum absolute atomic E-state index is 0.707. The molecule has 0 bridgehead atoms. The van der Waals surface area contributed by atoms with Gasteiger partial charge in [-0.1, -0.05) is 6.92 Å². The van der Waals surface area contributed by atoms with Crippen molar-refractivity contribution < 1.29 is 4.74 Å². The summed E-state index contributed by atoms with van der Waals surface area (Å²) in [6.45, 7) is 4.98. The van der Waals surface area contributed by atoms with Gasteiger partial charge in [-0.15, -0.1) is 11.8 Å². The summed E-state index contributed by atoms with van der Waals surface area (Å²) < 4.78 is 5.59. The lowest BCUT2D eigenvalue weighted by Crippen LogP contribution is -1.96. The third-order valence-corrected chi connectivity index (χ3v) is 4.91. The molecule has 1 unspecified atom stereocenters. The van der Waals surface area contributed by atoms with Gasteiger partial charge in [-0.2, -0.15) is 0 Å². The zero-order valence-corrected chi connectivity index (χ0v) is 11.6. The normalized spacial score (nSPS) is 18.0. The molecule has 0 spiro atoms. The quantitative estimate of drug-likeness (QED) is 0.830. The minimum atomic E-state index is 0.707. The molecule has 1 aliphatic rings. The van der Waals surface area contributed by atoms with Gasteiger partial charge in [0.1, 0.15) is 5.75 Å². The van der Waals surface area contributed by atoms with E-state index in [9.17, 15) is 0 Å². The van der Waals surface area contributed by atoms with Crippen LogP contribution < -0.4 is 4.74 Å². The summed E-state index contributed by atoms with van der Waals surface area (Å²) in [6, 6.07) is 6.19. The number of pyridine rings is 1. The van der Waals surface area contributed by atoms with E-state index < -0.39 is 0 Å². The number of hydrogen-bond donors (Lipinski definition) is 0. The predicted molar refractivity (Wildman–Crippen MR) is 76.6 cm³/mol. The molecule has 1 aromatic carbocycles. The van der Waals surface area contributed by atoms with Crippen LogP contribution in [0.1, 0.15) is 25.8 Å². The Bertz CT molecular complexity index is 582. The van der Waals surface area contributed by atoms with Crippen molar-refractivity contribution >= 4 is 22.7 Å². The first-order chi connectivity index (χ1) is 8.81. The van der Waals surface area contributed by atoms with Crippen molar-refractivity contribution in [3.63, 3.8) is 0 Å². The molecule has 0 fully saturated rings. The van der Waals surface area contributed by atoms with Crippen LogP contribution in [0, 0.1) is 0 Å². The van der Waals surface area contributed by atoms with Gasteiger partial charge in [0, 0.05) is 21.7 Å². The average Bonchev–Trinajstić information content (AvgIpc) is 2.82. The van der Waals surface area contributed by atoms with Crippen molar-refractivity contribution in [2.45, 2.75) is 36.8 Å². The maximum Gasteiger partial charge on any atom is 0.120 e. The van der Waals surface area contributed by atoms with Crippen LogP contribution >= 0.6 is 11.8 Å². The van der Waals surface area contributed by atoms with E-state index in [1.807, 2.05) is 30.9 Å². The number of hydrogen-bond acceptors (Lipinski definition) is 3. The monoisotopic (exact) mass is 259 g/mol. The van der Waals surface area contributed by atoms with Gasteiger partial charge in [0.2, 0.25) is 0 Å². The summed E-state index contributed by atoms with van der Waals surface area (Å²) in [6.07, 6.45) is 4.41. The van der Waals surface area contributed by atoms with E-state index in [1.54, 1.807) is 0 Å². The topological polar surface area (TPSA) is 22.1 Å². The summed E-state index contributed by atoms with van der Waals surface area (Å²) in [4.78, 5) is 5.96. The largest absolute Gasteiger partial charge is 0.494 e. The van der Waals surface area contributed by atoms with Crippen molar-refractivity contribution in [2.75, 3.05) is 6.61 Å². The number of thioether (sulfide) groups is 1. The molecular weight excluding hydrogens is 242 g/mol. The first kappa shape index (κ1) is 11.8. The molecule has 2 aromatic rings. The number of ether oxygens (including phenoxy) is 1. The SMILES string of the molecule is CCOc1ccc2ncc3c(c2c1)SC(CC)C3. The standard InChI is InChI=1S/C15H17NOS/c1-3-12-7-10-9-16-14-6-5-11(17-4-2)8-13(14)15(10)18-12/h5-6,8-9,12H,3-4,7H2,1-2H3. The molecule has 3 heteroatoms. The lowest BCUT2D eigenvalue weighted by Gasteiger charge is -2.07. The Balaban J connectivity index is 2.10. The zero-order valence-electron chi connectivity index (χ0n) is 10.8. The average molecular weight is 259 g/mol. The summed E-state index contributed by atoms with van der Waals surface area (Å²) in [7, 11) is 0. The number of fused-ring (bicyclic) bond motifs is 3. The fourth-order valence-corrected chi connectivity index (χ4v) is 3.75. The van der Waals surface area contributed by atoms with Crippen LogP contribution in [0.4, 0.5) is 0 Å². The maximum atomic E-state index is 5.59. The first-order valence-electron chi connectivity index (χ1n) is 6.53. The lowest BCUT2D eigenvalue weighted by atomic mass is 10.1.